The number of carbonyl (C=O) groups is 1. The van der Waals surface area contributed by atoms with Crippen LogP contribution in [0.3, 0.4) is 0 Å². The largest absolute Gasteiger partial charge is 0.495 e. The van der Waals surface area contributed by atoms with Crippen molar-refractivity contribution in [3.8, 4) is 5.75 Å². The van der Waals surface area contributed by atoms with Gasteiger partial charge in [-0.3, -0.25) is 4.79 Å². The minimum atomic E-state index is -0.345. The Morgan fingerprint density at radius 2 is 2.05 bits per heavy atom. The van der Waals surface area contributed by atoms with E-state index in [0.717, 1.165) is 0 Å². The van der Waals surface area contributed by atoms with Crippen molar-refractivity contribution in [3.05, 3.63) is 59.4 Å². The van der Waals surface area contributed by atoms with Gasteiger partial charge >= 0.3 is 0 Å². The predicted molar refractivity (Wildman–Crippen MR) is 75.0 cm³/mol. The number of benzene rings is 2. The first-order valence-corrected chi connectivity index (χ1v) is 6.07. The van der Waals surface area contributed by atoms with E-state index in [0.29, 0.717) is 22.6 Å². The standard InChI is InChI=1S/C15H15FN2O2/c1-20-14-7-6-10(8-13(14)17)15(19)18-9-11-4-2-3-5-12(11)16/h2-8H,9,17H2,1H3,(H,18,19). The molecule has 0 heterocycles. The number of halogens is 1. The molecule has 0 aliphatic carbocycles. The highest BCUT2D eigenvalue weighted by Crippen LogP contribution is 2.21. The van der Waals surface area contributed by atoms with Gasteiger partial charge in [0.25, 0.3) is 5.91 Å². The van der Waals surface area contributed by atoms with Gasteiger partial charge in [-0.1, -0.05) is 18.2 Å². The molecule has 5 heteroatoms. The van der Waals surface area contributed by atoms with E-state index in [9.17, 15) is 9.18 Å². The third kappa shape index (κ3) is 3.06. The molecular formula is C15H15FN2O2. The zero-order chi connectivity index (χ0) is 14.5. The number of nitrogens with two attached hydrogens (primary N) is 1. The highest BCUT2D eigenvalue weighted by atomic mass is 19.1. The van der Waals surface area contributed by atoms with Crippen LogP contribution in [0.4, 0.5) is 10.1 Å². The van der Waals surface area contributed by atoms with E-state index in [-0.39, 0.29) is 18.3 Å². The maximum Gasteiger partial charge on any atom is 0.251 e. The maximum absolute atomic E-state index is 13.4. The van der Waals surface area contributed by atoms with Crippen LogP contribution in [0.25, 0.3) is 0 Å². The smallest absolute Gasteiger partial charge is 0.251 e. The molecule has 2 rings (SSSR count). The summed E-state index contributed by atoms with van der Waals surface area (Å²) < 4.78 is 18.4. The molecule has 0 spiro atoms. The summed E-state index contributed by atoms with van der Waals surface area (Å²) in [7, 11) is 1.50. The van der Waals surface area contributed by atoms with Crippen LogP contribution in [0.2, 0.25) is 0 Å². The monoisotopic (exact) mass is 274 g/mol. The van der Waals surface area contributed by atoms with Crippen LogP contribution in [-0.4, -0.2) is 13.0 Å². The number of hydrogen-bond acceptors (Lipinski definition) is 3. The first-order valence-electron chi connectivity index (χ1n) is 6.07. The van der Waals surface area contributed by atoms with E-state index in [2.05, 4.69) is 5.32 Å². The first-order chi connectivity index (χ1) is 9.61. The Bertz CT molecular complexity index is 629. The number of amides is 1. The van der Waals surface area contributed by atoms with Crippen molar-refractivity contribution in [2.45, 2.75) is 6.54 Å². The molecule has 2 aromatic rings. The lowest BCUT2D eigenvalue weighted by Gasteiger charge is -2.08. The van der Waals surface area contributed by atoms with E-state index in [1.54, 1.807) is 30.3 Å². The Kier molecular flexibility index (Phi) is 4.20. The maximum atomic E-state index is 13.4. The number of ether oxygens (including phenoxy) is 1. The molecule has 4 nitrogen and oxygen atoms in total. The minimum Gasteiger partial charge on any atom is -0.495 e. The fraction of sp³-hybridized carbons (Fsp3) is 0.133. The zero-order valence-corrected chi connectivity index (χ0v) is 11.0. The van der Waals surface area contributed by atoms with Crippen molar-refractivity contribution < 1.29 is 13.9 Å². The summed E-state index contributed by atoms with van der Waals surface area (Å²) in [5.41, 5.74) is 6.95. The lowest BCUT2D eigenvalue weighted by molar-refractivity contribution is 0.0950. The molecular weight excluding hydrogens is 259 g/mol. The second-order valence-corrected chi connectivity index (χ2v) is 4.23. The van der Waals surface area contributed by atoms with Crippen molar-refractivity contribution in [1.29, 1.82) is 0 Å². The molecule has 2 aromatic carbocycles. The van der Waals surface area contributed by atoms with E-state index >= 15 is 0 Å². The minimum absolute atomic E-state index is 0.122. The van der Waals surface area contributed by atoms with Crippen molar-refractivity contribution in [2.75, 3.05) is 12.8 Å². The molecule has 104 valence electrons. The van der Waals surface area contributed by atoms with Crippen LogP contribution >= 0.6 is 0 Å². The molecule has 0 radical (unpaired) electrons. The number of methoxy groups -OCH3 is 1. The number of rotatable bonds is 4. The lowest BCUT2D eigenvalue weighted by Crippen LogP contribution is -2.23. The van der Waals surface area contributed by atoms with Crippen LogP contribution in [0.15, 0.2) is 42.5 Å². The molecule has 0 aliphatic rings. The summed E-state index contributed by atoms with van der Waals surface area (Å²) in [5.74, 6) is -0.152. The molecule has 0 fully saturated rings. The van der Waals surface area contributed by atoms with Crippen LogP contribution in [0.5, 0.6) is 5.75 Å². The number of anilines is 1. The fourth-order valence-electron chi connectivity index (χ4n) is 1.79. The predicted octanol–water partition coefficient (Wildman–Crippen LogP) is 2.35. The SMILES string of the molecule is COc1ccc(C(=O)NCc2ccccc2F)cc1N. The van der Waals surface area contributed by atoms with E-state index < -0.39 is 0 Å². The van der Waals surface area contributed by atoms with Gasteiger partial charge < -0.3 is 15.8 Å². The topological polar surface area (TPSA) is 64.3 Å². The highest BCUT2D eigenvalue weighted by Gasteiger charge is 2.09. The Hall–Kier alpha value is -2.56. The Morgan fingerprint density at radius 1 is 1.30 bits per heavy atom. The van der Waals surface area contributed by atoms with E-state index in [4.69, 9.17) is 10.5 Å². The summed E-state index contributed by atoms with van der Waals surface area (Å²) in [6.07, 6.45) is 0. The third-order valence-corrected chi connectivity index (χ3v) is 2.89. The second kappa shape index (κ2) is 6.06. The molecule has 0 saturated heterocycles. The average molecular weight is 274 g/mol. The molecule has 0 atom stereocenters. The summed E-state index contributed by atoms with van der Waals surface area (Å²) in [6.45, 7) is 0.122. The quantitative estimate of drug-likeness (QED) is 0.841. The van der Waals surface area contributed by atoms with Gasteiger partial charge in [-0.15, -0.1) is 0 Å². The Labute approximate surface area is 116 Å². The van der Waals surface area contributed by atoms with Crippen LogP contribution in [0, 0.1) is 5.82 Å². The number of nitrogens with one attached hydrogen (secondary N) is 1. The summed E-state index contributed by atoms with van der Waals surface area (Å²) in [5, 5.41) is 2.65. The van der Waals surface area contributed by atoms with E-state index in [1.807, 2.05) is 0 Å². The molecule has 0 saturated carbocycles. The first kappa shape index (κ1) is 13.9. The second-order valence-electron chi connectivity index (χ2n) is 4.23. The molecule has 0 aliphatic heterocycles. The van der Waals surface area contributed by atoms with Crippen molar-refractivity contribution >= 4 is 11.6 Å². The molecule has 0 bridgehead atoms. The lowest BCUT2D eigenvalue weighted by atomic mass is 10.1. The molecule has 0 unspecified atom stereocenters. The van der Waals surface area contributed by atoms with Crippen molar-refractivity contribution in [3.63, 3.8) is 0 Å². The number of nitrogen functional groups attached to an aromatic ring is 1. The van der Waals surface area contributed by atoms with Gasteiger partial charge in [0.15, 0.2) is 0 Å². The number of carbonyl (C=O) groups excluding carboxylic acids is 1. The Morgan fingerprint density at radius 3 is 2.70 bits per heavy atom. The normalized spacial score (nSPS) is 10.1. The number of hydrogen-bond donors (Lipinski definition) is 2. The molecule has 20 heavy (non-hydrogen) atoms. The van der Waals surface area contributed by atoms with Crippen molar-refractivity contribution in [2.24, 2.45) is 0 Å². The van der Waals surface area contributed by atoms with Crippen molar-refractivity contribution in [1.82, 2.24) is 5.32 Å². The van der Waals surface area contributed by atoms with E-state index in [1.165, 1.54) is 19.2 Å². The van der Waals surface area contributed by atoms with Gasteiger partial charge in [0.05, 0.1) is 12.8 Å². The fourth-order valence-corrected chi connectivity index (χ4v) is 1.79. The highest BCUT2D eigenvalue weighted by molar-refractivity contribution is 5.95. The van der Waals surface area contributed by atoms with Gasteiger partial charge in [0.2, 0.25) is 0 Å². The van der Waals surface area contributed by atoms with Gasteiger partial charge in [-0.2, -0.15) is 0 Å². The average Bonchev–Trinajstić information content (AvgIpc) is 2.46. The molecule has 3 N–H and O–H groups in total. The summed E-state index contributed by atoms with van der Waals surface area (Å²) >= 11 is 0. The summed E-state index contributed by atoms with van der Waals surface area (Å²) in [4.78, 5) is 12.0. The van der Waals surface area contributed by atoms with Crippen LogP contribution in [0.1, 0.15) is 15.9 Å². The van der Waals surface area contributed by atoms with Gasteiger partial charge in [-0.25, -0.2) is 4.39 Å². The van der Waals surface area contributed by atoms with Gasteiger partial charge in [0, 0.05) is 17.7 Å². The third-order valence-electron chi connectivity index (χ3n) is 2.89. The van der Waals surface area contributed by atoms with Gasteiger partial charge in [0.1, 0.15) is 11.6 Å². The summed E-state index contributed by atoms with van der Waals surface area (Å²) in [6, 6.07) is 11.0. The van der Waals surface area contributed by atoms with Gasteiger partial charge in [-0.05, 0) is 24.3 Å². The van der Waals surface area contributed by atoms with Crippen LogP contribution < -0.4 is 15.8 Å². The zero-order valence-electron chi connectivity index (χ0n) is 11.0. The molecule has 0 aromatic heterocycles. The Balaban J connectivity index is 2.05. The van der Waals surface area contributed by atoms with Crippen LogP contribution in [-0.2, 0) is 6.54 Å². The molecule has 1 amide bonds.